The molecule has 0 radical (unpaired) electrons. The number of hydrogen-bond acceptors (Lipinski definition) is 4. The van der Waals surface area contributed by atoms with E-state index in [0.717, 1.165) is 43.2 Å². The van der Waals surface area contributed by atoms with Crippen LogP contribution in [0.2, 0.25) is 0 Å². The van der Waals surface area contributed by atoms with Gasteiger partial charge in [-0.1, -0.05) is 0 Å². The summed E-state index contributed by atoms with van der Waals surface area (Å²) in [5.74, 6) is 2.07. The Morgan fingerprint density at radius 2 is 1.76 bits per heavy atom. The van der Waals surface area contributed by atoms with E-state index in [-0.39, 0.29) is 5.91 Å². The molecular weight excluding hydrogens is 362 g/mol. The Bertz CT molecular complexity index is 987. The van der Waals surface area contributed by atoms with Crippen LogP contribution < -0.4 is 10.2 Å². The Hall–Kier alpha value is -2.86. The fourth-order valence-corrected chi connectivity index (χ4v) is 4.09. The van der Waals surface area contributed by atoms with Crippen molar-refractivity contribution in [1.82, 2.24) is 19.6 Å². The molecule has 2 aliphatic rings. The second-order valence-corrected chi connectivity index (χ2v) is 8.17. The van der Waals surface area contributed by atoms with Crippen LogP contribution in [-0.2, 0) is 6.54 Å². The number of fused-ring (bicyclic) bond motifs is 1. The molecule has 0 bridgehead atoms. The summed E-state index contributed by atoms with van der Waals surface area (Å²) < 4.78 is 2.15. The number of hydrogen-bond donors (Lipinski definition) is 1. The van der Waals surface area contributed by atoms with Gasteiger partial charge in [-0.25, -0.2) is 0 Å². The van der Waals surface area contributed by atoms with E-state index in [9.17, 15) is 4.79 Å². The summed E-state index contributed by atoms with van der Waals surface area (Å²) >= 11 is 0. The number of carbonyl (C=O) groups is 1. The molecule has 2 fully saturated rings. The van der Waals surface area contributed by atoms with E-state index in [1.54, 1.807) is 12.4 Å². The first-order valence-electron chi connectivity index (χ1n) is 10.5. The molecule has 1 aliphatic carbocycles. The minimum absolute atomic E-state index is 0.0578. The summed E-state index contributed by atoms with van der Waals surface area (Å²) in [4.78, 5) is 21.7. The molecule has 0 aromatic carbocycles. The maximum Gasteiger partial charge on any atom is 0.253 e. The molecule has 4 heterocycles. The van der Waals surface area contributed by atoms with Crippen molar-refractivity contribution in [2.75, 3.05) is 37.6 Å². The molecule has 0 atom stereocenters. The van der Waals surface area contributed by atoms with Crippen LogP contribution in [0.15, 0.2) is 55.0 Å². The van der Waals surface area contributed by atoms with Gasteiger partial charge in [0.1, 0.15) is 5.82 Å². The van der Waals surface area contributed by atoms with E-state index in [0.29, 0.717) is 12.1 Å². The molecule has 6 nitrogen and oxygen atoms in total. The summed E-state index contributed by atoms with van der Waals surface area (Å²) in [5, 5.41) is 3.00. The second kappa shape index (κ2) is 7.87. The van der Waals surface area contributed by atoms with Crippen LogP contribution in [0.5, 0.6) is 0 Å². The molecule has 1 saturated carbocycles. The van der Waals surface area contributed by atoms with Crippen molar-refractivity contribution in [3.05, 3.63) is 66.1 Å². The average Bonchev–Trinajstić information content (AvgIpc) is 3.48. The van der Waals surface area contributed by atoms with Crippen molar-refractivity contribution in [2.24, 2.45) is 5.92 Å². The molecule has 3 aromatic rings. The van der Waals surface area contributed by atoms with Crippen LogP contribution in [0.25, 0.3) is 5.52 Å². The molecular formula is C23H27N5O. The molecule has 1 N–H and O–H groups in total. The Balaban J connectivity index is 1.28. The lowest BCUT2D eigenvalue weighted by Crippen LogP contribution is -2.47. The highest BCUT2D eigenvalue weighted by Crippen LogP contribution is 2.30. The van der Waals surface area contributed by atoms with Gasteiger partial charge < -0.3 is 14.6 Å². The lowest BCUT2D eigenvalue weighted by Gasteiger charge is -2.35. The van der Waals surface area contributed by atoms with Crippen molar-refractivity contribution in [2.45, 2.75) is 19.4 Å². The predicted octanol–water partition coefficient (Wildman–Crippen LogP) is 2.80. The van der Waals surface area contributed by atoms with Gasteiger partial charge in [-0.15, -0.1) is 0 Å². The largest absolute Gasteiger partial charge is 0.355 e. The first-order valence-corrected chi connectivity index (χ1v) is 10.5. The number of pyridine rings is 2. The van der Waals surface area contributed by atoms with Crippen LogP contribution in [0, 0.1) is 5.92 Å². The van der Waals surface area contributed by atoms with Crippen LogP contribution >= 0.6 is 0 Å². The molecule has 1 amide bonds. The highest BCUT2D eigenvalue weighted by Gasteiger charge is 2.27. The molecule has 5 rings (SSSR count). The number of rotatable bonds is 6. The van der Waals surface area contributed by atoms with E-state index < -0.39 is 0 Å². The summed E-state index contributed by atoms with van der Waals surface area (Å²) in [6, 6.07) is 12.0. The summed E-state index contributed by atoms with van der Waals surface area (Å²) in [6.07, 6.45) is 8.27. The highest BCUT2D eigenvalue weighted by atomic mass is 16.1. The van der Waals surface area contributed by atoms with Crippen molar-refractivity contribution in [3.63, 3.8) is 0 Å². The Morgan fingerprint density at radius 3 is 2.52 bits per heavy atom. The van der Waals surface area contributed by atoms with E-state index in [1.165, 1.54) is 25.2 Å². The van der Waals surface area contributed by atoms with Gasteiger partial charge in [0.05, 0.1) is 5.56 Å². The van der Waals surface area contributed by atoms with E-state index in [1.807, 2.05) is 30.5 Å². The molecule has 150 valence electrons. The van der Waals surface area contributed by atoms with Crippen LogP contribution in [0.4, 0.5) is 5.82 Å². The Labute approximate surface area is 171 Å². The summed E-state index contributed by atoms with van der Waals surface area (Å²) in [7, 11) is 0. The van der Waals surface area contributed by atoms with Gasteiger partial charge in [-0.05, 0) is 60.7 Å². The van der Waals surface area contributed by atoms with E-state index in [2.05, 4.69) is 36.6 Å². The third-order valence-electron chi connectivity index (χ3n) is 6.00. The van der Waals surface area contributed by atoms with Crippen LogP contribution in [-0.4, -0.2) is 52.9 Å². The third kappa shape index (κ3) is 4.12. The number of aromatic nitrogens is 2. The standard InChI is InChI=1S/C23H27N5O/c29-23(25-15-18-7-9-24-10-8-18)20-3-4-21-5-6-22(28(21)17-20)27-13-11-26(12-14-27)16-19-1-2-19/h3-10,17,19H,1-2,11-16H2,(H,25,29). The Morgan fingerprint density at radius 1 is 1.00 bits per heavy atom. The zero-order valence-electron chi connectivity index (χ0n) is 16.6. The molecule has 0 unspecified atom stereocenters. The first-order chi connectivity index (χ1) is 14.3. The van der Waals surface area contributed by atoms with E-state index >= 15 is 0 Å². The number of anilines is 1. The van der Waals surface area contributed by atoms with E-state index in [4.69, 9.17) is 0 Å². The monoisotopic (exact) mass is 389 g/mol. The van der Waals surface area contributed by atoms with Gasteiger partial charge in [0.25, 0.3) is 5.91 Å². The zero-order chi connectivity index (χ0) is 19.6. The quantitative estimate of drug-likeness (QED) is 0.704. The molecule has 1 aliphatic heterocycles. The summed E-state index contributed by atoms with van der Waals surface area (Å²) in [6.45, 7) is 6.09. The van der Waals surface area contributed by atoms with Crippen molar-refractivity contribution in [1.29, 1.82) is 0 Å². The number of nitrogens with zero attached hydrogens (tertiary/aromatic N) is 4. The number of piperazine rings is 1. The first kappa shape index (κ1) is 18.2. The minimum Gasteiger partial charge on any atom is -0.355 e. The average molecular weight is 390 g/mol. The lowest BCUT2D eigenvalue weighted by atomic mass is 10.2. The molecule has 6 heteroatoms. The summed E-state index contributed by atoms with van der Waals surface area (Å²) in [5.41, 5.74) is 2.84. The Kier molecular flexibility index (Phi) is 4.94. The molecule has 0 spiro atoms. The van der Waals surface area contributed by atoms with Crippen molar-refractivity contribution >= 4 is 17.2 Å². The van der Waals surface area contributed by atoms with Gasteiger partial charge in [0, 0.05) is 63.4 Å². The zero-order valence-corrected chi connectivity index (χ0v) is 16.6. The lowest BCUT2D eigenvalue weighted by molar-refractivity contribution is 0.0950. The van der Waals surface area contributed by atoms with Gasteiger partial charge in [-0.3, -0.25) is 14.7 Å². The van der Waals surface area contributed by atoms with Crippen molar-refractivity contribution < 1.29 is 4.79 Å². The molecule has 29 heavy (non-hydrogen) atoms. The highest BCUT2D eigenvalue weighted by molar-refractivity contribution is 5.94. The maximum absolute atomic E-state index is 12.7. The van der Waals surface area contributed by atoms with Crippen molar-refractivity contribution in [3.8, 4) is 0 Å². The fraction of sp³-hybridized carbons (Fsp3) is 0.391. The molecule has 1 saturated heterocycles. The smallest absolute Gasteiger partial charge is 0.253 e. The number of carbonyl (C=O) groups excluding carboxylic acids is 1. The normalized spacial score (nSPS) is 17.6. The number of amides is 1. The topological polar surface area (TPSA) is 52.9 Å². The SMILES string of the molecule is O=C(NCc1ccncc1)c1ccc2ccc(N3CCN(CC4CC4)CC3)n2c1. The van der Waals surface area contributed by atoms with Gasteiger partial charge in [0.2, 0.25) is 0 Å². The van der Waals surface area contributed by atoms with Crippen LogP contribution in [0.3, 0.4) is 0 Å². The minimum atomic E-state index is -0.0578. The third-order valence-corrected chi connectivity index (χ3v) is 6.00. The maximum atomic E-state index is 12.7. The van der Waals surface area contributed by atoms with Gasteiger partial charge >= 0.3 is 0 Å². The predicted molar refractivity (Wildman–Crippen MR) is 114 cm³/mol. The second-order valence-electron chi connectivity index (χ2n) is 8.17. The fourth-order valence-electron chi connectivity index (χ4n) is 4.09. The van der Waals surface area contributed by atoms with Crippen LogP contribution in [0.1, 0.15) is 28.8 Å². The molecule has 3 aromatic heterocycles. The van der Waals surface area contributed by atoms with Gasteiger partial charge in [-0.2, -0.15) is 0 Å². The number of nitrogens with one attached hydrogen (secondary N) is 1. The van der Waals surface area contributed by atoms with Gasteiger partial charge in [0.15, 0.2) is 0 Å².